The molecule has 2 aliphatic rings. The van der Waals surface area contributed by atoms with Crippen LogP contribution >= 0.6 is 15.9 Å². The molecule has 1 heterocycles. The van der Waals surface area contributed by atoms with Gasteiger partial charge in [-0.3, -0.25) is 9.59 Å². The van der Waals surface area contributed by atoms with Gasteiger partial charge in [-0.2, -0.15) is 5.26 Å². The molecule has 1 N–H and O–H groups in total. The average molecular weight is 585 g/mol. The van der Waals surface area contributed by atoms with E-state index in [1.54, 1.807) is 18.0 Å². The lowest BCUT2D eigenvalue weighted by Gasteiger charge is -2.35. The van der Waals surface area contributed by atoms with Crippen molar-refractivity contribution >= 4 is 27.6 Å². The quantitative estimate of drug-likeness (QED) is 0.331. The van der Waals surface area contributed by atoms with Crippen molar-refractivity contribution in [2.24, 2.45) is 5.92 Å². The van der Waals surface area contributed by atoms with Crippen LogP contribution in [-0.4, -0.2) is 42.9 Å². The van der Waals surface area contributed by atoms with Crippen LogP contribution in [0.1, 0.15) is 71.8 Å². The van der Waals surface area contributed by atoms with Crippen molar-refractivity contribution in [1.29, 1.82) is 5.26 Å². The van der Waals surface area contributed by atoms with E-state index < -0.39 is 5.92 Å². The van der Waals surface area contributed by atoms with Crippen molar-refractivity contribution in [3.8, 4) is 17.6 Å². The number of nitrogens with zero attached hydrogens (tertiary/aromatic N) is 2. The number of nitriles is 1. The van der Waals surface area contributed by atoms with Crippen LogP contribution in [0.4, 0.5) is 0 Å². The number of allylic oxidation sites excluding steroid dienone is 4. The molecule has 0 spiro atoms. The molecule has 0 saturated heterocycles. The van der Waals surface area contributed by atoms with E-state index >= 15 is 0 Å². The molecule has 38 heavy (non-hydrogen) atoms. The van der Waals surface area contributed by atoms with E-state index in [1.807, 2.05) is 39.8 Å². The molecule has 1 amide bonds. The van der Waals surface area contributed by atoms with E-state index in [9.17, 15) is 14.9 Å². The van der Waals surface area contributed by atoms with Crippen LogP contribution in [-0.2, 0) is 9.59 Å². The van der Waals surface area contributed by atoms with Gasteiger partial charge in [-0.05, 0) is 86.2 Å². The molecule has 0 radical (unpaired) electrons. The topological polar surface area (TPSA) is 91.7 Å². The maximum atomic E-state index is 13.4. The Kier molecular flexibility index (Phi) is 10.2. The summed E-state index contributed by atoms with van der Waals surface area (Å²) in [5.74, 6) is 0.863. The SMILES string of the molecule is CCCC1CC(=O)C2=C(C1)NC(C)=C(C#N)C2c1cc(Br)c(OCC=CC(=O)N(C)C(C)C)c(OCC)c1. The summed E-state index contributed by atoms with van der Waals surface area (Å²) in [7, 11) is 1.76. The predicted octanol–water partition coefficient (Wildman–Crippen LogP) is 6.17. The fraction of sp³-hybridized carbons (Fsp3) is 0.500. The molecular weight excluding hydrogens is 546 g/mol. The second-order valence-electron chi connectivity index (χ2n) is 10.1. The highest BCUT2D eigenvalue weighted by Crippen LogP contribution is 2.47. The number of carbonyl (C=O) groups excluding carboxylic acids is 2. The molecule has 1 aliphatic carbocycles. The molecule has 1 aliphatic heterocycles. The van der Waals surface area contributed by atoms with Gasteiger partial charge in [0.1, 0.15) is 6.61 Å². The Labute approximate surface area is 234 Å². The fourth-order valence-corrected chi connectivity index (χ4v) is 5.60. The van der Waals surface area contributed by atoms with E-state index in [-0.39, 0.29) is 24.3 Å². The van der Waals surface area contributed by atoms with E-state index in [4.69, 9.17) is 9.47 Å². The average Bonchev–Trinajstić information content (AvgIpc) is 2.86. The molecule has 1 aromatic rings. The zero-order valence-electron chi connectivity index (χ0n) is 23.2. The van der Waals surface area contributed by atoms with Crippen LogP contribution in [0.2, 0.25) is 0 Å². The van der Waals surface area contributed by atoms with Crippen LogP contribution in [0.5, 0.6) is 11.5 Å². The van der Waals surface area contributed by atoms with Crippen molar-refractivity contribution in [2.45, 2.75) is 72.3 Å². The summed E-state index contributed by atoms with van der Waals surface area (Å²) in [6.45, 7) is 10.4. The number of Topliss-reactive ketones (excluding diaryl/α,β-unsaturated/α-hetero) is 1. The lowest BCUT2D eigenvalue weighted by molar-refractivity contribution is -0.126. The number of hydrogen-bond donors (Lipinski definition) is 1. The Hall–Kier alpha value is -3.05. The minimum Gasteiger partial charge on any atom is -0.490 e. The minimum absolute atomic E-state index is 0.0949. The Morgan fingerprint density at radius 3 is 2.66 bits per heavy atom. The van der Waals surface area contributed by atoms with Crippen molar-refractivity contribution in [3.63, 3.8) is 0 Å². The number of amides is 1. The molecular formula is C30H38BrN3O4. The predicted molar refractivity (Wildman–Crippen MR) is 152 cm³/mol. The first kappa shape index (κ1) is 29.5. The first-order valence-corrected chi connectivity index (χ1v) is 14.1. The number of halogens is 1. The molecule has 204 valence electrons. The van der Waals surface area contributed by atoms with Gasteiger partial charge in [0, 0.05) is 42.6 Å². The number of benzene rings is 1. The Balaban J connectivity index is 1.96. The van der Waals surface area contributed by atoms with Gasteiger partial charge in [0.2, 0.25) is 5.91 Å². The second kappa shape index (κ2) is 13.1. The van der Waals surface area contributed by atoms with Crippen molar-refractivity contribution in [3.05, 3.63) is 56.9 Å². The molecule has 0 saturated carbocycles. The summed E-state index contributed by atoms with van der Waals surface area (Å²) in [4.78, 5) is 27.3. The molecule has 0 aromatic heterocycles. The zero-order chi connectivity index (χ0) is 28.0. The number of rotatable bonds is 10. The Morgan fingerprint density at radius 2 is 2.03 bits per heavy atom. The van der Waals surface area contributed by atoms with Gasteiger partial charge < -0.3 is 19.7 Å². The third-order valence-electron chi connectivity index (χ3n) is 7.10. The van der Waals surface area contributed by atoms with Crippen LogP contribution in [0.25, 0.3) is 0 Å². The summed E-state index contributed by atoms with van der Waals surface area (Å²) in [5, 5.41) is 13.4. The van der Waals surface area contributed by atoms with E-state index in [1.165, 1.54) is 6.08 Å². The monoisotopic (exact) mass is 583 g/mol. The number of ketones is 1. The van der Waals surface area contributed by atoms with Gasteiger partial charge in [-0.1, -0.05) is 13.3 Å². The van der Waals surface area contributed by atoms with Gasteiger partial charge in [0.25, 0.3) is 0 Å². The lowest BCUT2D eigenvalue weighted by atomic mass is 9.72. The molecule has 2 atom stereocenters. The maximum absolute atomic E-state index is 13.4. The summed E-state index contributed by atoms with van der Waals surface area (Å²) < 4.78 is 12.6. The molecule has 1 aromatic carbocycles. The van der Waals surface area contributed by atoms with Crippen LogP contribution in [0.3, 0.4) is 0 Å². The highest BCUT2D eigenvalue weighted by molar-refractivity contribution is 9.10. The Bertz CT molecular complexity index is 1210. The van der Waals surface area contributed by atoms with Crippen LogP contribution in [0.15, 0.2) is 51.3 Å². The number of nitrogens with one attached hydrogen (secondary N) is 1. The first-order chi connectivity index (χ1) is 18.1. The maximum Gasteiger partial charge on any atom is 0.246 e. The van der Waals surface area contributed by atoms with Crippen LogP contribution in [0, 0.1) is 17.2 Å². The van der Waals surface area contributed by atoms with E-state index in [0.29, 0.717) is 46.1 Å². The number of ether oxygens (including phenoxy) is 2. The highest BCUT2D eigenvalue weighted by atomic mass is 79.9. The van der Waals surface area contributed by atoms with Gasteiger partial charge in [-0.15, -0.1) is 0 Å². The van der Waals surface area contributed by atoms with Crippen molar-refractivity contribution in [1.82, 2.24) is 10.2 Å². The van der Waals surface area contributed by atoms with Gasteiger partial charge in [0.05, 0.1) is 28.6 Å². The Morgan fingerprint density at radius 1 is 1.29 bits per heavy atom. The third kappa shape index (κ3) is 6.50. The first-order valence-electron chi connectivity index (χ1n) is 13.3. The minimum atomic E-state index is -0.472. The van der Waals surface area contributed by atoms with Gasteiger partial charge in [0.15, 0.2) is 17.3 Å². The van der Waals surface area contributed by atoms with E-state index in [2.05, 4.69) is 34.2 Å². The number of likely N-dealkylation sites (N-methyl/N-ethyl adjacent to an activating group) is 1. The fourth-order valence-electron chi connectivity index (χ4n) is 5.02. The molecule has 2 unspecified atom stereocenters. The van der Waals surface area contributed by atoms with E-state index in [0.717, 1.165) is 36.2 Å². The summed E-state index contributed by atoms with van der Waals surface area (Å²) in [5.41, 5.74) is 3.71. The highest BCUT2D eigenvalue weighted by Gasteiger charge is 2.39. The van der Waals surface area contributed by atoms with Gasteiger partial charge >= 0.3 is 0 Å². The standard InChI is InChI=1S/C30H38BrN3O4/c1-7-10-20-13-24-29(25(35)14-20)28(22(17-32)19(5)33-24)21-15-23(31)30(26(16-21)37-8-2)38-12-9-11-27(36)34(6)18(3)4/h9,11,15-16,18,20,28,33H,7-8,10,12-14H2,1-6H3. The van der Waals surface area contributed by atoms with Crippen molar-refractivity contribution in [2.75, 3.05) is 20.3 Å². The summed E-state index contributed by atoms with van der Waals surface area (Å²) in [6.07, 6.45) is 6.52. The summed E-state index contributed by atoms with van der Waals surface area (Å²) in [6, 6.07) is 6.21. The molecule has 3 rings (SSSR count). The number of dihydropyridines is 1. The zero-order valence-corrected chi connectivity index (χ0v) is 24.8. The molecule has 0 bridgehead atoms. The normalized spacial score (nSPS) is 19.4. The van der Waals surface area contributed by atoms with Crippen LogP contribution < -0.4 is 14.8 Å². The van der Waals surface area contributed by atoms with Gasteiger partial charge in [-0.25, -0.2) is 0 Å². The van der Waals surface area contributed by atoms with Crippen molar-refractivity contribution < 1.29 is 19.1 Å². The second-order valence-corrected chi connectivity index (χ2v) is 11.0. The molecule has 8 heteroatoms. The number of carbonyl (C=O) groups is 2. The lowest BCUT2D eigenvalue weighted by Crippen LogP contribution is -2.34. The largest absolute Gasteiger partial charge is 0.490 e. The summed E-state index contributed by atoms with van der Waals surface area (Å²) >= 11 is 3.63. The smallest absolute Gasteiger partial charge is 0.246 e. The molecule has 0 fully saturated rings. The third-order valence-corrected chi connectivity index (χ3v) is 7.69. The molecule has 7 nitrogen and oxygen atoms in total. The number of hydrogen-bond acceptors (Lipinski definition) is 6.